The zero-order valence-corrected chi connectivity index (χ0v) is 14.1. The molecule has 1 aliphatic heterocycles. The summed E-state index contributed by atoms with van der Waals surface area (Å²) in [6.07, 6.45) is 13.8. The fraction of sp³-hybridized carbons (Fsp3) is 0.333. The van der Waals surface area contributed by atoms with Gasteiger partial charge in [-0.1, -0.05) is 69.2 Å². The molecule has 1 aliphatic carbocycles. The van der Waals surface area contributed by atoms with Gasteiger partial charge < -0.3 is 5.32 Å². The van der Waals surface area contributed by atoms with Crippen LogP contribution in [-0.2, 0) is 0 Å². The van der Waals surface area contributed by atoms with Crippen LogP contribution in [-0.4, -0.2) is 6.04 Å². The molecule has 0 saturated carbocycles. The van der Waals surface area contributed by atoms with E-state index in [1.807, 2.05) is 18.2 Å². The van der Waals surface area contributed by atoms with E-state index in [2.05, 4.69) is 43.4 Å². The number of hydrogen-bond acceptors (Lipinski definition) is 1. The molecule has 1 aromatic carbocycles. The number of nitrogens with one attached hydrogen (secondary N) is 1. The first kappa shape index (κ1) is 17.3. The average Bonchev–Trinajstić information content (AvgIpc) is 2.63. The van der Waals surface area contributed by atoms with E-state index in [0.29, 0.717) is 0 Å². The second-order valence-corrected chi connectivity index (χ2v) is 5.81. The monoisotopic (exact) mass is 311 g/mol. The zero-order valence-electron chi connectivity index (χ0n) is 14.1. The number of unbranched alkanes of at least 4 members (excludes halogenated alkanes) is 1. The summed E-state index contributed by atoms with van der Waals surface area (Å²) in [7, 11) is 0. The molecule has 3 rings (SSSR count). The lowest BCUT2D eigenvalue weighted by Crippen LogP contribution is -2.27. The lowest BCUT2D eigenvalue weighted by Gasteiger charge is -2.23. The number of hydrogen-bond donors (Lipinski definition) is 1. The van der Waals surface area contributed by atoms with Crippen LogP contribution in [0.5, 0.6) is 0 Å². The summed E-state index contributed by atoms with van der Waals surface area (Å²) < 4.78 is 13.3. The molecule has 0 fully saturated rings. The van der Waals surface area contributed by atoms with Gasteiger partial charge >= 0.3 is 0 Å². The minimum Gasteiger partial charge on any atom is -0.381 e. The van der Waals surface area contributed by atoms with E-state index in [1.54, 1.807) is 12.3 Å². The van der Waals surface area contributed by atoms with Crippen LogP contribution in [0, 0.1) is 0 Å². The quantitative estimate of drug-likeness (QED) is 0.729. The van der Waals surface area contributed by atoms with Crippen LogP contribution in [0.25, 0.3) is 5.57 Å². The van der Waals surface area contributed by atoms with Crippen molar-refractivity contribution in [3.8, 4) is 0 Å². The number of benzene rings is 1. The molecule has 1 aromatic rings. The summed E-state index contributed by atoms with van der Waals surface area (Å²) in [6, 6.07) is 10.3. The standard InChI is InChI=1S/C17H16FN.C4H10/c18-16-9-10-19-17(12-16)15-8-4-7-14(11-15)13-5-2-1-3-6-13;1-3-4-2/h1-3,5-7,9-12,17,19H,4,8H2;3-4H2,1-2H3. The van der Waals surface area contributed by atoms with Crippen molar-refractivity contribution in [2.45, 2.75) is 45.6 Å². The lowest BCUT2D eigenvalue weighted by molar-refractivity contribution is 0.625. The molecule has 1 atom stereocenters. The maximum absolute atomic E-state index is 13.3. The third kappa shape index (κ3) is 5.24. The Labute approximate surface area is 139 Å². The van der Waals surface area contributed by atoms with Gasteiger partial charge in [0.25, 0.3) is 0 Å². The van der Waals surface area contributed by atoms with Crippen LogP contribution in [0.1, 0.15) is 45.1 Å². The molecule has 1 N–H and O–H groups in total. The maximum Gasteiger partial charge on any atom is 0.123 e. The van der Waals surface area contributed by atoms with Gasteiger partial charge in [-0.15, -0.1) is 0 Å². The molecule has 0 saturated heterocycles. The van der Waals surface area contributed by atoms with Gasteiger partial charge in [-0.05, 0) is 41.7 Å². The molecule has 2 heteroatoms. The van der Waals surface area contributed by atoms with Crippen LogP contribution in [0.15, 0.2) is 72.2 Å². The molecule has 0 bridgehead atoms. The molecule has 1 nitrogen and oxygen atoms in total. The van der Waals surface area contributed by atoms with E-state index in [0.717, 1.165) is 12.8 Å². The predicted molar refractivity (Wildman–Crippen MR) is 97.6 cm³/mol. The van der Waals surface area contributed by atoms with Gasteiger partial charge in [-0.25, -0.2) is 4.39 Å². The lowest BCUT2D eigenvalue weighted by atomic mass is 9.90. The van der Waals surface area contributed by atoms with Gasteiger partial charge in [0.2, 0.25) is 0 Å². The largest absolute Gasteiger partial charge is 0.381 e. The summed E-state index contributed by atoms with van der Waals surface area (Å²) in [5.41, 5.74) is 3.68. The Morgan fingerprint density at radius 1 is 1.13 bits per heavy atom. The Balaban J connectivity index is 0.000000433. The topological polar surface area (TPSA) is 12.0 Å². The third-order valence-electron chi connectivity index (χ3n) is 3.99. The Morgan fingerprint density at radius 2 is 1.87 bits per heavy atom. The maximum atomic E-state index is 13.3. The van der Waals surface area contributed by atoms with Gasteiger partial charge in [-0.2, -0.15) is 0 Å². The average molecular weight is 311 g/mol. The molecule has 2 aliphatic rings. The first-order valence-corrected chi connectivity index (χ1v) is 8.50. The Morgan fingerprint density at radius 3 is 2.52 bits per heavy atom. The summed E-state index contributed by atoms with van der Waals surface area (Å²) in [4.78, 5) is 0. The van der Waals surface area contributed by atoms with Gasteiger partial charge in [0.05, 0.1) is 6.04 Å². The highest BCUT2D eigenvalue weighted by Gasteiger charge is 2.16. The normalized spacial score (nSPS) is 19.6. The molecule has 1 unspecified atom stereocenters. The SMILES string of the molecule is CCCC.FC1=CC(C2=CC(c3ccccc3)=CCC2)NC=C1. The van der Waals surface area contributed by atoms with E-state index in [-0.39, 0.29) is 11.9 Å². The predicted octanol–water partition coefficient (Wildman–Crippen LogP) is 5.94. The molecule has 23 heavy (non-hydrogen) atoms. The number of allylic oxidation sites excluding steroid dienone is 5. The van der Waals surface area contributed by atoms with E-state index in [9.17, 15) is 4.39 Å². The van der Waals surface area contributed by atoms with Crippen molar-refractivity contribution < 1.29 is 4.39 Å². The summed E-state index contributed by atoms with van der Waals surface area (Å²) >= 11 is 0. The van der Waals surface area contributed by atoms with Crippen molar-refractivity contribution in [1.29, 1.82) is 0 Å². The Bertz CT molecular complexity index is 606. The molecule has 122 valence electrons. The van der Waals surface area contributed by atoms with Gasteiger partial charge in [0, 0.05) is 6.20 Å². The van der Waals surface area contributed by atoms with Crippen molar-refractivity contribution in [3.63, 3.8) is 0 Å². The first-order chi connectivity index (χ1) is 11.2. The summed E-state index contributed by atoms with van der Waals surface area (Å²) in [5.74, 6) is -0.166. The molecule has 0 spiro atoms. The van der Waals surface area contributed by atoms with E-state index < -0.39 is 0 Å². The van der Waals surface area contributed by atoms with Gasteiger partial charge in [0.15, 0.2) is 0 Å². The van der Waals surface area contributed by atoms with Crippen LogP contribution in [0.4, 0.5) is 4.39 Å². The van der Waals surface area contributed by atoms with Crippen LogP contribution >= 0.6 is 0 Å². The highest BCUT2D eigenvalue weighted by atomic mass is 19.1. The summed E-state index contributed by atoms with van der Waals surface area (Å²) in [5, 5.41) is 3.20. The number of halogens is 1. The van der Waals surface area contributed by atoms with E-state index in [4.69, 9.17) is 0 Å². The zero-order chi connectivity index (χ0) is 16.5. The van der Waals surface area contributed by atoms with Crippen LogP contribution in [0.3, 0.4) is 0 Å². The van der Waals surface area contributed by atoms with Gasteiger partial charge in [0.1, 0.15) is 5.83 Å². The van der Waals surface area contributed by atoms with Crippen molar-refractivity contribution in [2.75, 3.05) is 0 Å². The fourth-order valence-electron chi connectivity index (χ4n) is 2.51. The molecule has 0 aromatic heterocycles. The fourth-order valence-corrected chi connectivity index (χ4v) is 2.51. The molecule has 1 heterocycles. The minimum atomic E-state index is -0.166. The molecular weight excluding hydrogens is 285 g/mol. The minimum absolute atomic E-state index is 0.0163. The highest BCUT2D eigenvalue weighted by Crippen LogP contribution is 2.28. The molecular formula is C21H26FN. The molecule has 0 radical (unpaired) electrons. The third-order valence-corrected chi connectivity index (χ3v) is 3.99. The first-order valence-electron chi connectivity index (χ1n) is 8.50. The van der Waals surface area contributed by atoms with E-state index in [1.165, 1.54) is 35.6 Å². The molecule has 0 amide bonds. The van der Waals surface area contributed by atoms with Crippen LogP contribution < -0.4 is 5.32 Å². The van der Waals surface area contributed by atoms with Crippen molar-refractivity contribution in [1.82, 2.24) is 5.32 Å². The highest BCUT2D eigenvalue weighted by molar-refractivity contribution is 5.76. The second-order valence-electron chi connectivity index (χ2n) is 5.81. The number of dihydropyridines is 1. The Hall–Kier alpha value is -2.09. The number of rotatable bonds is 3. The van der Waals surface area contributed by atoms with E-state index >= 15 is 0 Å². The van der Waals surface area contributed by atoms with Crippen molar-refractivity contribution in [2.24, 2.45) is 0 Å². The second kappa shape index (κ2) is 9.14. The van der Waals surface area contributed by atoms with Gasteiger partial charge in [-0.3, -0.25) is 0 Å². The smallest absolute Gasteiger partial charge is 0.123 e. The van der Waals surface area contributed by atoms with Crippen molar-refractivity contribution in [3.05, 3.63) is 77.8 Å². The van der Waals surface area contributed by atoms with Crippen molar-refractivity contribution >= 4 is 5.57 Å². The van der Waals surface area contributed by atoms with Crippen LogP contribution in [0.2, 0.25) is 0 Å². The summed E-state index contributed by atoms with van der Waals surface area (Å²) in [6.45, 7) is 4.36. The Kier molecular flexibility index (Phi) is 6.86.